The van der Waals surface area contributed by atoms with Gasteiger partial charge >= 0.3 is 0 Å². The average Bonchev–Trinajstić information content (AvgIpc) is 3.12. The Kier molecular flexibility index (Phi) is 6.10. The maximum absolute atomic E-state index is 12.4. The summed E-state index contributed by atoms with van der Waals surface area (Å²) in [6.45, 7) is 5.27. The fourth-order valence-corrected chi connectivity index (χ4v) is 3.16. The minimum absolute atomic E-state index is 0.140. The lowest BCUT2D eigenvalue weighted by molar-refractivity contribution is -0.115. The summed E-state index contributed by atoms with van der Waals surface area (Å²) in [4.78, 5) is 27.9. The van der Waals surface area contributed by atoms with E-state index in [1.165, 1.54) is 24.2 Å². The van der Waals surface area contributed by atoms with Crippen molar-refractivity contribution in [2.75, 3.05) is 10.6 Å². The molecule has 0 aliphatic carbocycles. The van der Waals surface area contributed by atoms with Crippen molar-refractivity contribution in [1.82, 2.24) is 15.2 Å². The molecule has 1 aromatic heterocycles. The fraction of sp³-hybridized carbons (Fsp3) is 0.200. The van der Waals surface area contributed by atoms with Crippen molar-refractivity contribution in [3.63, 3.8) is 0 Å². The van der Waals surface area contributed by atoms with E-state index in [0.717, 1.165) is 5.56 Å². The summed E-state index contributed by atoms with van der Waals surface area (Å²) in [6.07, 6.45) is 0. The molecule has 1 atom stereocenters. The normalized spacial score (nSPS) is 11.7. The predicted molar refractivity (Wildman–Crippen MR) is 111 cm³/mol. The zero-order chi connectivity index (χ0) is 20.1. The summed E-state index contributed by atoms with van der Waals surface area (Å²) in [5.74, 6) is 0.376. The van der Waals surface area contributed by atoms with Crippen LogP contribution in [0.2, 0.25) is 0 Å². The number of hydrogen-bond donors (Lipinski definition) is 3. The van der Waals surface area contributed by atoms with Crippen LogP contribution in [0.4, 0.5) is 11.4 Å². The molecule has 0 aliphatic heterocycles. The molecule has 2 amide bonds. The molecule has 3 aromatic rings. The maximum Gasteiger partial charge on any atom is 0.237 e. The van der Waals surface area contributed by atoms with Crippen LogP contribution in [-0.2, 0) is 9.59 Å². The van der Waals surface area contributed by atoms with Crippen molar-refractivity contribution >= 4 is 35.0 Å². The number of amides is 2. The third-order valence-electron chi connectivity index (χ3n) is 3.91. The molecule has 0 saturated heterocycles. The topological polar surface area (TPSA) is 99.8 Å². The van der Waals surface area contributed by atoms with Gasteiger partial charge in [-0.2, -0.15) is 0 Å². The number of hydrogen-bond acceptors (Lipinski definition) is 5. The summed E-state index contributed by atoms with van der Waals surface area (Å²) < 4.78 is 0. The highest BCUT2D eigenvalue weighted by Gasteiger charge is 2.17. The number of benzene rings is 2. The molecule has 8 heteroatoms. The average molecular weight is 395 g/mol. The Morgan fingerprint density at radius 1 is 1.00 bits per heavy atom. The second kappa shape index (κ2) is 8.71. The van der Waals surface area contributed by atoms with Crippen LogP contribution in [0.15, 0.2) is 53.7 Å². The van der Waals surface area contributed by atoms with Crippen molar-refractivity contribution in [2.24, 2.45) is 0 Å². The number of anilines is 2. The van der Waals surface area contributed by atoms with Gasteiger partial charge in [0.1, 0.15) is 0 Å². The predicted octanol–water partition coefficient (Wildman–Crippen LogP) is 3.86. The van der Waals surface area contributed by atoms with E-state index in [4.69, 9.17) is 0 Å². The maximum atomic E-state index is 12.4. The number of aromatic nitrogens is 3. The molecule has 3 N–H and O–H groups in total. The summed E-state index contributed by atoms with van der Waals surface area (Å²) >= 11 is 1.28. The highest BCUT2D eigenvalue weighted by atomic mass is 32.2. The van der Waals surface area contributed by atoms with E-state index in [2.05, 4.69) is 25.8 Å². The number of carbonyl (C=O) groups excluding carboxylic acids is 2. The van der Waals surface area contributed by atoms with Gasteiger partial charge in [-0.05, 0) is 38.1 Å². The molecule has 2 aromatic carbocycles. The van der Waals surface area contributed by atoms with Crippen molar-refractivity contribution < 1.29 is 9.59 Å². The van der Waals surface area contributed by atoms with Gasteiger partial charge < -0.3 is 10.6 Å². The van der Waals surface area contributed by atoms with E-state index in [1.54, 1.807) is 31.2 Å². The molecule has 0 saturated carbocycles. The Hall–Kier alpha value is -3.13. The van der Waals surface area contributed by atoms with Gasteiger partial charge in [0.25, 0.3) is 0 Å². The molecule has 1 heterocycles. The Balaban J connectivity index is 1.58. The third kappa shape index (κ3) is 5.20. The van der Waals surface area contributed by atoms with Gasteiger partial charge in [-0.25, -0.2) is 4.98 Å². The molecule has 7 nitrogen and oxygen atoms in total. The smallest absolute Gasteiger partial charge is 0.237 e. The molecule has 0 fully saturated rings. The largest absolute Gasteiger partial charge is 0.326 e. The van der Waals surface area contributed by atoms with Crippen molar-refractivity contribution in [3.8, 4) is 11.4 Å². The van der Waals surface area contributed by atoms with E-state index in [1.807, 2.05) is 31.2 Å². The molecule has 0 spiro atoms. The quantitative estimate of drug-likeness (QED) is 0.551. The summed E-state index contributed by atoms with van der Waals surface area (Å²) in [5, 5.41) is 12.8. The van der Waals surface area contributed by atoms with Crippen LogP contribution in [0.5, 0.6) is 0 Å². The van der Waals surface area contributed by atoms with Crippen LogP contribution in [0.25, 0.3) is 11.4 Å². The van der Waals surface area contributed by atoms with Gasteiger partial charge in [0.05, 0.1) is 5.25 Å². The van der Waals surface area contributed by atoms with Crippen LogP contribution in [0, 0.1) is 6.92 Å². The van der Waals surface area contributed by atoms with E-state index >= 15 is 0 Å². The Morgan fingerprint density at radius 3 is 2.21 bits per heavy atom. The van der Waals surface area contributed by atoms with Crippen LogP contribution >= 0.6 is 11.8 Å². The van der Waals surface area contributed by atoms with E-state index < -0.39 is 0 Å². The molecular formula is C20H21N5O2S. The molecular weight excluding hydrogens is 374 g/mol. The third-order valence-corrected chi connectivity index (χ3v) is 4.88. The van der Waals surface area contributed by atoms with E-state index in [0.29, 0.717) is 22.4 Å². The number of carbonyl (C=O) groups is 2. The lowest BCUT2D eigenvalue weighted by atomic mass is 10.1. The van der Waals surface area contributed by atoms with Gasteiger partial charge in [0, 0.05) is 23.9 Å². The summed E-state index contributed by atoms with van der Waals surface area (Å²) in [6, 6.07) is 14.9. The number of thioether (sulfide) groups is 1. The summed E-state index contributed by atoms with van der Waals surface area (Å²) in [7, 11) is 0. The number of H-pyrrole nitrogens is 1. The Bertz CT molecular complexity index is 967. The number of aryl methyl sites for hydroxylation is 1. The van der Waals surface area contributed by atoms with E-state index in [-0.39, 0.29) is 17.1 Å². The first-order chi connectivity index (χ1) is 13.4. The summed E-state index contributed by atoms with van der Waals surface area (Å²) in [5.41, 5.74) is 3.45. The first kappa shape index (κ1) is 19.6. The number of rotatable bonds is 6. The SMILES string of the molecule is CC(=O)Nc1ccc(NC(=O)[C@H](C)Sc2n[nH]c(-c3ccc(C)cc3)n2)cc1. The van der Waals surface area contributed by atoms with Gasteiger partial charge in [-0.3, -0.25) is 14.7 Å². The van der Waals surface area contributed by atoms with Gasteiger partial charge in [-0.15, -0.1) is 5.10 Å². The van der Waals surface area contributed by atoms with Crippen molar-refractivity contribution in [2.45, 2.75) is 31.2 Å². The highest BCUT2D eigenvalue weighted by molar-refractivity contribution is 8.00. The molecule has 0 bridgehead atoms. The first-order valence-electron chi connectivity index (χ1n) is 8.75. The van der Waals surface area contributed by atoms with Gasteiger partial charge in [0.15, 0.2) is 5.82 Å². The Morgan fingerprint density at radius 2 is 1.61 bits per heavy atom. The number of nitrogens with zero attached hydrogens (tertiary/aromatic N) is 2. The molecule has 0 aliphatic rings. The second-order valence-corrected chi connectivity index (χ2v) is 7.65. The van der Waals surface area contributed by atoms with E-state index in [9.17, 15) is 9.59 Å². The minimum atomic E-state index is -0.378. The highest BCUT2D eigenvalue weighted by Crippen LogP contribution is 2.24. The lowest BCUT2D eigenvalue weighted by Gasteiger charge is -2.10. The van der Waals surface area contributed by atoms with Crippen LogP contribution in [0.1, 0.15) is 19.4 Å². The van der Waals surface area contributed by atoms with Crippen molar-refractivity contribution in [3.05, 3.63) is 54.1 Å². The number of aromatic amines is 1. The molecule has 3 rings (SSSR count). The monoisotopic (exact) mass is 395 g/mol. The molecule has 144 valence electrons. The Labute approximate surface area is 167 Å². The van der Waals surface area contributed by atoms with Crippen LogP contribution < -0.4 is 10.6 Å². The second-order valence-electron chi connectivity index (χ2n) is 6.34. The zero-order valence-electron chi connectivity index (χ0n) is 15.8. The van der Waals surface area contributed by atoms with Crippen LogP contribution in [-0.4, -0.2) is 32.2 Å². The minimum Gasteiger partial charge on any atom is -0.326 e. The first-order valence-corrected chi connectivity index (χ1v) is 9.63. The van der Waals surface area contributed by atoms with Crippen LogP contribution in [0.3, 0.4) is 0 Å². The van der Waals surface area contributed by atoms with Gasteiger partial charge in [-0.1, -0.05) is 41.6 Å². The molecule has 28 heavy (non-hydrogen) atoms. The molecule has 0 radical (unpaired) electrons. The standard InChI is InChI=1S/C20H21N5O2S/c1-12-4-6-15(7-5-12)18-23-20(25-24-18)28-13(2)19(27)22-17-10-8-16(9-11-17)21-14(3)26/h4-11,13H,1-3H3,(H,21,26)(H,22,27)(H,23,24,25)/t13-/m0/s1. The fourth-order valence-electron chi connectivity index (χ4n) is 2.44. The number of nitrogens with one attached hydrogen (secondary N) is 3. The molecule has 0 unspecified atom stereocenters. The lowest BCUT2D eigenvalue weighted by Crippen LogP contribution is -2.22. The van der Waals surface area contributed by atoms with Gasteiger partial charge in [0.2, 0.25) is 17.0 Å². The van der Waals surface area contributed by atoms with Crippen molar-refractivity contribution in [1.29, 1.82) is 0 Å². The zero-order valence-corrected chi connectivity index (χ0v) is 16.6.